The number of halogens is 1. The molecule has 3 rings (SSSR count). The molecule has 5 heteroatoms. The highest BCUT2D eigenvalue weighted by molar-refractivity contribution is 5.43. The van der Waals surface area contributed by atoms with Crippen LogP contribution in [0.25, 0.3) is 0 Å². The summed E-state index contributed by atoms with van der Waals surface area (Å²) in [5, 5.41) is 0. The molecule has 0 amide bonds. The van der Waals surface area contributed by atoms with Crippen molar-refractivity contribution in [2.45, 2.75) is 6.54 Å². The Morgan fingerprint density at radius 1 is 1.08 bits per heavy atom. The summed E-state index contributed by atoms with van der Waals surface area (Å²) >= 11 is 0. The average Bonchev–Trinajstić information content (AvgIpc) is 2.58. The topological polar surface area (TPSA) is 44.5 Å². The first kappa shape index (κ1) is 16.7. The number of anilines is 1. The average molecular weight is 331 g/mol. The number of nitrogen functional groups attached to an aromatic ring is 1. The van der Waals surface area contributed by atoms with Crippen molar-refractivity contribution >= 4 is 5.69 Å². The Balaban J connectivity index is 1.63. The van der Waals surface area contributed by atoms with Gasteiger partial charge in [-0.1, -0.05) is 18.2 Å². The number of nitrogens with zero attached hydrogens (tertiary/aromatic N) is 1. The van der Waals surface area contributed by atoms with Gasteiger partial charge in [0.15, 0.2) is 0 Å². The summed E-state index contributed by atoms with van der Waals surface area (Å²) in [6, 6.07) is 14.3. The van der Waals surface area contributed by atoms with Gasteiger partial charge in [-0.2, -0.15) is 0 Å². The van der Waals surface area contributed by atoms with Crippen molar-refractivity contribution < 1.29 is 18.3 Å². The van der Waals surface area contributed by atoms with E-state index in [0.717, 1.165) is 55.2 Å². The van der Waals surface area contributed by atoms with Gasteiger partial charge in [0.1, 0.15) is 44.4 Å². The Kier molecular flexibility index (Phi) is 5.33. The van der Waals surface area contributed by atoms with Crippen LogP contribution in [0.3, 0.4) is 0 Å². The van der Waals surface area contributed by atoms with Gasteiger partial charge in [-0.25, -0.2) is 4.39 Å². The normalized spacial score (nSPS) is 16.7. The zero-order valence-electron chi connectivity index (χ0n) is 13.8. The minimum absolute atomic E-state index is 0.197. The number of benzene rings is 2. The summed E-state index contributed by atoms with van der Waals surface area (Å²) in [5.41, 5.74) is 7.63. The van der Waals surface area contributed by atoms with Crippen LogP contribution in [0.15, 0.2) is 48.5 Å². The minimum atomic E-state index is -0.197. The van der Waals surface area contributed by atoms with Crippen LogP contribution in [0.2, 0.25) is 0 Å². The van der Waals surface area contributed by atoms with E-state index in [2.05, 4.69) is 0 Å². The molecule has 2 N–H and O–H groups in total. The van der Waals surface area contributed by atoms with Crippen LogP contribution in [0.4, 0.5) is 10.1 Å². The Hall–Kier alpha value is -2.11. The highest BCUT2D eigenvalue weighted by Gasteiger charge is 2.30. The van der Waals surface area contributed by atoms with Crippen molar-refractivity contribution in [3.8, 4) is 5.75 Å². The number of nitrogens with two attached hydrogens (primary N) is 1. The fourth-order valence-electron chi connectivity index (χ4n) is 3.13. The lowest BCUT2D eigenvalue weighted by Gasteiger charge is -2.41. The molecule has 1 fully saturated rings. The van der Waals surface area contributed by atoms with Crippen molar-refractivity contribution in [3.63, 3.8) is 0 Å². The van der Waals surface area contributed by atoms with Crippen molar-refractivity contribution in [1.29, 1.82) is 0 Å². The number of ether oxygens (including phenoxy) is 2. The van der Waals surface area contributed by atoms with Gasteiger partial charge in [0, 0.05) is 17.3 Å². The molecule has 1 heterocycles. The second-order valence-corrected chi connectivity index (χ2v) is 6.33. The maximum atomic E-state index is 13.1. The van der Waals surface area contributed by atoms with Crippen molar-refractivity contribution in [3.05, 3.63) is 59.9 Å². The van der Waals surface area contributed by atoms with Crippen molar-refractivity contribution in [2.24, 2.45) is 0 Å². The summed E-state index contributed by atoms with van der Waals surface area (Å²) in [5.74, 6) is 0.598. The molecule has 0 spiro atoms. The molecule has 24 heavy (non-hydrogen) atoms. The predicted octanol–water partition coefficient (Wildman–Crippen LogP) is 2.83. The lowest BCUT2D eigenvalue weighted by Crippen LogP contribution is -2.56. The molecule has 0 atom stereocenters. The van der Waals surface area contributed by atoms with Gasteiger partial charge in [-0.05, 0) is 24.3 Å². The third-order valence-electron chi connectivity index (χ3n) is 4.54. The van der Waals surface area contributed by atoms with Crippen molar-refractivity contribution in [2.75, 3.05) is 45.2 Å². The van der Waals surface area contributed by atoms with Crippen molar-refractivity contribution in [1.82, 2.24) is 0 Å². The summed E-state index contributed by atoms with van der Waals surface area (Å²) in [6.07, 6.45) is 0. The third kappa shape index (κ3) is 4.46. The zero-order chi connectivity index (χ0) is 16.8. The van der Waals surface area contributed by atoms with Crippen LogP contribution in [0, 0.1) is 5.82 Å². The van der Waals surface area contributed by atoms with E-state index in [1.165, 1.54) is 12.1 Å². The highest BCUT2D eigenvalue weighted by atomic mass is 19.1. The predicted molar refractivity (Wildman–Crippen MR) is 92.1 cm³/mol. The van der Waals surface area contributed by atoms with Crippen LogP contribution >= 0.6 is 0 Å². The highest BCUT2D eigenvalue weighted by Crippen LogP contribution is 2.19. The lowest BCUT2D eigenvalue weighted by molar-refractivity contribution is -0.947. The molecule has 0 radical (unpaired) electrons. The van der Waals surface area contributed by atoms with Crippen LogP contribution < -0.4 is 10.5 Å². The number of morpholine rings is 1. The second-order valence-electron chi connectivity index (χ2n) is 6.33. The molecule has 0 aliphatic carbocycles. The van der Waals surface area contributed by atoms with Gasteiger partial charge in [-0.15, -0.1) is 0 Å². The Bertz CT molecular complexity index is 655. The van der Waals surface area contributed by atoms with Gasteiger partial charge in [0.05, 0.1) is 13.2 Å². The van der Waals surface area contributed by atoms with E-state index in [-0.39, 0.29) is 5.82 Å². The quantitative estimate of drug-likeness (QED) is 0.654. The molecule has 0 unspecified atom stereocenters. The number of quaternary nitrogens is 1. The smallest absolute Gasteiger partial charge is 0.137 e. The van der Waals surface area contributed by atoms with E-state index in [4.69, 9.17) is 15.2 Å². The molecule has 4 nitrogen and oxygen atoms in total. The number of hydrogen-bond donors (Lipinski definition) is 1. The largest absolute Gasteiger partial charge is 0.488 e. The van der Waals surface area contributed by atoms with E-state index in [9.17, 15) is 4.39 Å². The summed E-state index contributed by atoms with van der Waals surface area (Å²) in [6.45, 7) is 5.75. The van der Waals surface area contributed by atoms with Crippen LogP contribution in [0.5, 0.6) is 5.75 Å². The van der Waals surface area contributed by atoms with Gasteiger partial charge in [0.2, 0.25) is 0 Å². The summed E-state index contributed by atoms with van der Waals surface area (Å²) in [4.78, 5) is 0. The Morgan fingerprint density at radius 2 is 1.83 bits per heavy atom. The first-order chi connectivity index (χ1) is 11.7. The monoisotopic (exact) mass is 331 g/mol. The zero-order valence-corrected chi connectivity index (χ0v) is 13.8. The molecule has 1 aliphatic rings. The maximum absolute atomic E-state index is 13.1. The van der Waals surface area contributed by atoms with Gasteiger partial charge >= 0.3 is 0 Å². The SMILES string of the molecule is Nc1cccc(OCC[N+]2(Cc3ccc(F)cc3)CCOCC2)c1. The lowest BCUT2D eigenvalue weighted by atomic mass is 10.1. The molecule has 0 saturated carbocycles. The third-order valence-corrected chi connectivity index (χ3v) is 4.54. The maximum Gasteiger partial charge on any atom is 0.137 e. The molecule has 128 valence electrons. The number of hydrogen-bond acceptors (Lipinski definition) is 3. The van der Waals surface area contributed by atoms with Crippen LogP contribution in [0.1, 0.15) is 5.56 Å². The van der Waals surface area contributed by atoms with Gasteiger partial charge in [-0.3, -0.25) is 0 Å². The molecular formula is C19H24FN2O2+. The first-order valence-corrected chi connectivity index (χ1v) is 8.31. The molecule has 2 aromatic rings. The first-order valence-electron chi connectivity index (χ1n) is 8.31. The second kappa shape index (κ2) is 7.64. The van der Waals surface area contributed by atoms with Crippen LogP contribution in [-0.4, -0.2) is 43.9 Å². The van der Waals surface area contributed by atoms with E-state index in [1.807, 2.05) is 36.4 Å². The van der Waals surface area contributed by atoms with E-state index < -0.39 is 0 Å². The van der Waals surface area contributed by atoms with E-state index in [0.29, 0.717) is 12.3 Å². The Labute approximate surface area is 142 Å². The molecule has 1 aliphatic heterocycles. The summed E-state index contributed by atoms with van der Waals surface area (Å²) < 4.78 is 25.4. The molecule has 1 saturated heterocycles. The fourth-order valence-corrected chi connectivity index (χ4v) is 3.13. The molecular weight excluding hydrogens is 307 g/mol. The fraction of sp³-hybridized carbons (Fsp3) is 0.368. The van der Waals surface area contributed by atoms with E-state index in [1.54, 1.807) is 0 Å². The van der Waals surface area contributed by atoms with Crippen LogP contribution in [-0.2, 0) is 11.3 Å². The molecule has 0 bridgehead atoms. The standard InChI is InChI=1S/C19H24FN2O2/c20-17-6-4-16(5-7-17)15-22(8-11-23-12-9-22)10-13-24-19-3-1-2-18(21)14-19/h1-7,14H,8-13,15,21H2/q+1. The van der Waals surface area contributed by atoms with E-state index >= 15 is 0 Å². The minimum Gasteiger partial charge on any atom is -0.488 e. The van der Waals surface area contributed by atoms with Gasteiger partial charge < -0.3 is 19.7 Å². The number of rotatable bonds is 6. The van der Waals surface area contributed by atoms with Gasteiger partial charge in [0.25, 0.3) is 0 Å². The molecule has 0 aromatic heterocycles. The summed E-state index contributed by atoms with van der Waals surface area (Å²) in [7, 11) is 0. The Morgan fingerprint density at radius 3 is 2.54 bits per heavy atom. The molecule has 2 aromatic carbocycles.